The smallest absolute Gasteiger partial charge is 0.255 e. The van der Waals surface area contributed by atoms with E-state index in [0.29, 0.717) is 5.56 Å². The Morgan fingerprint density at radius 2 is 2.28 bits per heavy atom. The zero-order valence-electron chi connectivity index (χ0n) is 10.3. The molecule has 1 atom stereocenters. The van der Waals surface area contributed by atoms with Gasteiger partial charge in [-0.3, -0.25) is 9.78 Å². The van der Waals surface area contributed by atoms with Gasteiger partial charge < -0.3 is 15.1 Å². The molecule has 5 heteroatoms. The van der Waals surface area contributed by atoms with Gasteiger partial charge >= 0.3 is 0 Å². The summed E-state index contributed by atoms with van der Waals surface area (Å²) in [6.07, 6.45) is 4.76. The monoisotopic (exact) mass is 245 g/mol. The zero-order valence-corrected chi connectivity index (χ0v) is 10.3. The van der Waals surface area contributed by atoms with E-state index in [4.69, 9.17) is 4.42 Å². The highest BCUT2D eigenvalue weighted by Gasteiger charge is 2.15. The Hall–Kier alpha value is -2.30. The number of pyridine rings is 1. The highest BCUT2D eigenvalue weighted by molar-refractivity contribution is 5.99. The van der Waals surface area contributed by atoms with Crippen molar-refractivity contribution in [1.29, 1.82) is 0 Å². The molecule has 0 saturated carbocycles. The molecule has 1 amide bonds. The second-order valence-electron chi connectivity index (χ2n) is 3.88. The molecule has 0 aliphatic heterocycles. The molecule has 18 heavy (non-hydrogen) atoms. The number of furan rings is 1. The quantitative estimate of drug-likeness (QED) is 0.866. The molecule has 1 unspecified atom stereocenters. The summed E-state index contributed by atoms with van der Waals surface area (Å²) in [4.78, 5) is 16.1. The molecule has 0 saturated heterocycles. The van der Waals surface area contributed by atoms with Gasteiger partial charge in [0.05, 0.1) is 17.9 Å². The number of anilines is 1. The van der Waals surface area contributed by atoms with Crippen LogP contribution in [0.15, 0.2) is 41.3 Å². The van der Waals surface area contributed by atoms with E-state index in [2.05, 4.69) is 15.6 Å². The molecule has 2 N–H and O–H groups in total. The summed E-state index contributed by atoms with van der Waals surface area (Å²) in [7, 11) is 1.77. The predicted molar refractivity (Wildman–Crippen MR) is 68.4 cm³/mol. The number of rotatable bonds is 4. The molecule has 0 radical (unpaired) electrons. The summed E-state index contributed by atoms with van der Waals surface area (Å²) in [6, 6.07) is 5.19. The maximum atomic E-state index is 12.1. The summed E-state index contributed by atoms with van der Waals surface area (Å²) in [5.74, 6) is 0.537. The standard InChI is InChI=1S/C13H15N3O2/c1-9(12-4-3-7-18-12)16-13(17)10-8-15-6-5-11(10)14-2/h3-9H,1-2H3,(H,14,15)(H,16,17). The Labute approximate surface area is 105 Å². The van der Waals surface area contributed by atoms with Gasteiger partial charge in [-0.15, -0.1) is 0 Å². The van der Waals surface area contributed by atoms with Gasteiger partial charge in [-0.1, -0.05) is 0 Å². The highest BCUT2D eigenvalue weighted by atomic mass is 16.3. The molecule has 5 nitrogen and oxygen atoms in total. The first-order chi connectivity index (χ1) is 8.72. The van der Waals surface area contributed by atoms with Crippen LogP contribution in [0.1, 0.15) is 29.1 Å². The number of nitrogens with one attached hydrogen (secondary N) is 2. The third-order valence-corrected chi connectivity index (χ3v) is 2.65. The van der Waals surface area contributed by atoms with Crippen LogP contribution in [-0.2, 0) is 0 Å². The van der Waals surface area contributed by atoms with E-state index in [0.717, 1.165) is 11.4 Å². The number of hydrogen-bond acceptors (Lipinski definition) is 4. The molecule has 0 aliphatic rings. The summed E-state index contributed by atoms with van der Waals surface area (Å²) < 4.78 is 5.24. The van der Waals surface area contributed by atoms with Gasteiger partial charge in [-0.05, 0) is 25.1 Å². The lowest BCUT2D eigenvalue weighted by molar-refractivity contribution is 0.0936. The third-order valence-electron chi connectivity index (χ3n) is 2.65. The van der Waals surface area contributed by atoms with Crippen LogP contribution in [0.3, 0.4) is 0 Å². The normalized spacial score (nSPS) is 11.9. The first-order valence-corrected chi connectivity index (χ1v) is 5.68. The van der Waals surface area contributed by atoms with Crippen LogP contribution in [0.25, 0.3) is 0 Å². The van der Waals surface area contributed by atoms with Crippen LogP contribution in [0, 0.1) is 0 Å². The van der Waals surface area contributed by atoms with Crippen molar-refractivity contribution in [3.63, 3.8) is 0 Å². The maximum absolute atomic E-state index is 12.1. The van der Waals surface area contributed by atoms with Gasteiger partial charge in [0.25, 0.3) is 5.91 Å². The van der Waals surface area contributed by atoms with Crippen molar-refractivity contribution in [2.45, 2.75) is 13.0 Å². The molecule has 0 fully saturated rings. The van der Waals surface area contributed by atoms with Gasteiger partial charge in [0, 0.05) is 25.1 Å². The molecular weight excluding hydrogens is 230 g/mol. The van der Waals surface area contributed by atoms with E-state index in [1.54, 1.807) is 31.6 Å². The van der Waals surface area contributed by atoms with Crippen molar-refractivity contribution in [1.82, 2.24) is 10.3 Å². The summed E-state index contributed by atoms with van der Waals surface area (Å²) in [6.45, 7) is 1.87. The highest BCUT2D eigenvalue weighted by Crippen LogP contribution is 2.16. The van der Waals surface area contributed by atoms with Crippen molar-refractivity contribution in [2.24, 2.45) is 0 Å². The number of nitrogens with zero attached hydrogens (tertiary/aromatic N) is 1. The van der Waals surface area contributed by atoms with Crippen molar-refractivity contribution < 1.29 is 9.21 Å². The largest absolute Gasteiger partial charge is 0.467 e. The lowest BCUT2D eigenvalue weighted by Crippen LogP contribution is -2.27. The van der Waals surface area contributed by atoms with E-state index in [-0.39, 0.29) is 11.9 Å². The fourth-order valence-corrected chi connectivity index (χ4v) is 1.68. The Morgan fingerprint density at radius 3 is 2.94 bits per heavy atom. The number of carbonyl (C=O) groups is 1. The van der Waals surface area contributed by atoms with E-state index in [9.17, 15) is 4.79 Å². The summed E-state index contributed by atoms with van der Waals surface area (Å²) >= 11 is 0. The van der Waals surface area contributed by atoms with Crippen molar-refractivity contribution in [3.05, 3.63) is 48.2 Å². The third kappa shape index (κ3) is 2.51. The van der Waals surface area contributed by atoms with Crippen LogP contribution in [0.5, 0.6) is 0 Å². The topological polar surface area (TPSA) is 67.2 Å². The van der Waals surface area contributed by atoms with Gasteiger partial charge in [0.1, 0.15) is 5.76 Å². The Bertz CT molecular complexity index is 523. The van der Waals surface area contributed by atoms with E-state index < -0.39 is 0 Å². The van der Waals surface area contributed by atoms with Crippen LogP contribution in [0.2, 0.25) is 0 Å². The fourth-order valence-electron chi connectivity index (χ4n) is 1.68. The molecule has 0 aromatic carbocycles. The van der Waals surface area contributed by atoms with Crippen LogP contribution >= 0.6 is 0 Å². The first-order valence-electron chi connectivity index (χ1n) is 5.68. The van der Waals surface area contributed by atoms with Gasteiger partial charge in [0.15, 0.2) is 0 Å². The Balaban J connectivity index is 2.12. The molecule has 0 spiro atoms. The number of aromatic nitrogens is 1. The second-order valence-corrected chi connectivity index (χ2v) is 3.88. The molecule has 2 aromatic heterocycles. The average Bonchev–Trinajstić information content (AvgIpc) is 2.92. The molecule has 0 aliphatic carbocycles. The fraction of sp³-hybridized carbons (Fsp3) is 0.231. The Kier molecular flexibility index (Phi) is 3.62. The summed E-state index contributed by atoms with van der Waals surface area (Å²) in [5.41, 5.74) is 1.26. The van der Waals surface area contributed by atoms with Crippen molar-refractivity contribution >= 4 is 11.6 Å². The lowest BCUT2D eigenvalue weighted by atomic mass is 10.2. The molecule has 2 heterocycles. The number of carbonyl (C=O) groups excluding carboxylic acids is 1. The van der Waals surface area contributed by atoms with Crippen LogP contribution in [0.4, 0.5) is 5.69 Å². The maximum Gasteiger partial charge on any atom is 0.255 e. The van der Waals surface area contributed by atoms with Gasteiger partial charge in [0.2, 0.25) is 0 Å². The molecule has 94 valence electrons. The predicted octanol–water partition coefficient (Wildman–Crippen LogP) is 2.21. The van der Waals surface area contributed by atoms with E-state index >= 15 is 0 Å². The van der Waals surface area contributed by atoms with Crippen LogP contribution in [-0.4, -0.2) is 17.9 Å². The lowest BCUT2D eigenvalue weighted by Gasteiger charge is -2.13. The average molecular weight is 245 g/mol. The molecule has 2 aromatic rings. The molecule has 2 rings (SSSR count). The first kappa shape index (κ1) is 12.2. The number of hydrogen-bond donors (Lipinski definition) is 2. The van der Waals surface area contributed by atoms with Gasteiger partial charge in [-0.2, -0.15) is 0 Å². The minimum Gasteiger partial charge on any atom is -0.467 e. The number of amides is 1. The van der Waals surface area contributed by atoms with Crippen molar-refractivity contribution in [3.8, 4) is 0 Å². The summed E-state index contributed by atoms with van der Waals surface area (Å²) in [5, 5.41) is 5.82. The second kappa shape index (κ2) is 5.35. The molecular formula is C13H15N3O2. The minimum absolute atomic E-state index is 0.183. The zero-order chi connectivity index (χ0) is 13.0. The van der Waals surface area contributed by atoms with Crippen LogP contribution < -0.4 is 10.6 Å². The minimum atomic E-state index is -0.184. The van der Waals surface area contributed by atoms with E-state index in [1.807, 2.05) is 13.0 Å². The SMILES string of the molecule is CNc1ccncc1C(=O)NC(C)c1ccco1. The Morgan fingerprint density at radius 1 is 1.44 bits per heavy atom. The van der Waals surface area contributed by atoms with E-state index in [1.165, 1.54) is 6.20 Å². The molecule has 0 bridgehead atoms. The van der Waals surface area contributed by atoms with Crippen molar-refractivity contribution in [2.75, 3.05) is 12.4 Å². The van der Waals surface area contributed by atoms with Gasteiger partial charge in [-0.25, -0.2) is 0 Å².